The Balaban J connectivity index is 1.42. The first-order valence-corrected chi connectivity index (χ1v) is 9.89. The van der Waals surface area contributed by atoms with E-state index in [0.29, 0.717) is 24.7 Å². The van der Waals surface area contributed by atoms with Crippen molar-refractivity contribution in [1.29, 1.82) is 0 Å². The molecule has 2 saturated heterocycles. The van der Waals surface area contributed by atoms with Crippen LogP contribution in [0.5, 0.6) is 0 Å². The van der Waals surface area contributed by atoms with Crippen LogP contribution in [-0.4, -0.2) is 56.6 Å². The van der Waals surface area contributed by atoms with Crippen molar-refractivity contribution in [2.75, 3.05) is 19.6 Å². The number of carbonyl (C=O) groups excluding carboxylic acids is 1. The summed E-state index contributed by atoms with van der Waals surface area (Å²) in [6, 6.07) is 10.00. The number of likely N-dealkylation sites (tertiary alicyclic amines) is 1. The number of carbonyl (C=O) groups is 1. The van der Waals surface area contributed by atoms with E-state index in [9.17, 15) is 9.90 Å². The molecule has 2 fully saturated rings. The van der Waals surface area contributed by atoms with Crippen LogP contribution in [0.25, 0.3) is 0 Å². The Morgan fingerprint density at radius 1 is 1.22 bits per heavy atom. The van der Waals surface area contributed by atoms with Gasteiger partial charge in [0.05, 0.1) is 18.3 Å². The molecule has 7 heteroatoms. The maximum absolute atomic E-state index is 13.0. The van der Waals surface area contributed by atoms with Gasteiger partial charge in [0.25, 0.3) is 5.91 Å². The fraction of sp³-hybridized carbons (Fsp3) is 0.550. The normalized spacial score (nSPS) is 22.1. The van der Waals surface area contributed by atoms with Gasteiger partial charge in [0, 0.05) is 12.6 Å². The van der Waals surface area contributed by atoms with Gasteiger partial charge in [-0.25, -0.2) is 4.68 Å². The summed E-state index contributed by atoms with van der Waals surface area (Å²) in [5.41, 5.74) is 1.31. The standard InChI is InChI=1S/C20H27N5O2/c26-19(15-5-2-1-3-6-15)13-17-7-4-12-24(17)20(27)18-14-25(23-22-18)16-8-10-21-11-9-16/h1-3,5-6,14,16-17,19,21,26H,4,7-13H2/t17-,19-/m1/s1. The summed E-state index contributed by atoms with van der Waals surface area (Å²) in [7, 11) is 0. The van der Waals surface area contributed by atoms with Gasteiger partial charge in [-0.2, -0.15) is 0 Å². The fourth-order valence-electron chi connectivity index (χ4n) is 4.19. The lowest BCUT2D eigenvalue weighted by Gasteiger charge is -2.26. The number of hydrogen-bond donors (Lipinski definition) is 2. The van der Waals surface area contributed by atoms with E-state index < -0.39 is 6.10 Å². The summed E-state index contributed by atoms with van der Waals surface area (Å²) in [5.74, 6) is -0.0713. The third-order valence-electron chi connectivity index (χ3n) is 5.73. The van der Waals surface area contributed by atoms with Gasteiger partial charge in [0.2, 0.25) is 0 Å². The first-order valence-electron chi connectivity index (χ1n) is 9.89. The zero-order valence-electron chi connectivity index (χ0n) is 15.5. The molecular weight excluding hydrogens is 342 g/mol. The van der Waals surface area contributed by atoms with Gasteiger partial charge in [0.1, 0.15) is 0 Å². The lowest BCUT2D eigenvalue weighted by atomic mass is 10.0. The molecule has 2 aliphatic heterocycles. The minimum absolute atomic E-state index is 0.0386. The first kappa shape index (κ1) is 18.1. The zero-order chi connectivity index (χ0) is 18.6. The van der Waals surface area contributed by atoms with Crippen LogP contribution >= 0.6 is 0 Å². The zero-order valence-corrected chi connectivity index (χ0v) is 15.5. The number of benzene rings is 1. The second-order valence-corrected chi connectivity index (χ2v) is 7.52. The SMILES string of the molecule is O=C(c1cn(C2CCNCC2)nn1)N1CCC[C@@H]1C[C@@H](O)c1ccccc1. The van der Waals surface area contributed by atoms with Gasteiger partial charge in [-0.05, 0) is 50.8 Å². The molecule has 0 unspecified atom stereocenters. The second kappa shape index (κ2) is 8.19. The number of aromatic nitrogens is 3. The fourth-order valence-corrected chi connectivity index (χ4v) is 4.19. The molecule has 2 atom stereocenters. The van der Waals surface area contributed by atoms with Crippen LogP contribution in [0.15, 0.2) is 36.5 Å². The highest BCUT2D eigenvalue weighted by atomic mass is 16.3. The van der Waals surface area contributed by atoms with Crippen LogP contribution in [-0.2, 0) is 0 Å². The molecule has 3 heterocycles. The average molecular weight is 369 g/mol. The molecule has 2 aliphatic rings. The van der Waals surface area contributed by atoms with Crippen molar-refractivity contribution in [2.45, 2.75) is 50.3 Å². The first-order chi connectivity index (χ1) is 13.2. The third-order valence-corrected chi connectivity index (χ3v) is 5.73. The molecule has 2 aromatic rings. The molecule has 0 aliphatic carbocycles. The van der Waals surface area contributed by atoms with Gasteiger partial charge < -0.3 is 15.3 Å². The minimum atomic E-state index is -0.560. The predicted molar refractivity (Wildman–Crippen MR) is 101 cm³/mol. The molecule has 0 saturated carbocycles. The van der Waals surface area contributed by atoms with Crippen LogP contribution in [0.1, 0.15) is 60.3 Å². The Morgan fingerprint density at radius 2 is 2.00 bits per heavy atom. The van der Waals surface area contributed by atoms with Crippen molar-refractivity contribution >= 4 is 5.91 Å². The monoisotopic (exact) mass is 369 g/mol. The molecule has 4 rings (SSSR count). The molecule has 0 bridgehead atoms. The van der Waals surface area contributed by atoms with E-state index in [4.69, 9.17) is 0 Å². The molecule has 144 valence electrons. The van der Waals surface area contributed by atoms with Gasteiger partial charge in [-0.3, -0.25) is 4.79 Å². The highest BCUT2D eigenvalue weighted by Crippen LogP contribution is 2.28. The van der Waals surface area contributed by atoms with Crippen LogP contribution in [0.4, 0.5) is 0 Å². The third kappa shape index (κ3) is 4.04. The molecule has 27 heavy (non-hydrogen) atoms. The number of aliphatic hydroxyl groups excluding tert-OH is 1. The molecular formula is C20H27N5O2. The van der Waals surface area contributed by atoms with E-state index in [1.807, 2.05) is 39.9 Å². The van der Waals surface area contributed by atoms with Crippen LogP contribution < -0.4 is 5.32 Å². The van der Waals surface area contributed by atoms with Crippen molar-refractivity contribution in [3.05, 3.63) is 47.8 Å². The quantitative estimate of drug-likeness (QED) is 0.841. The number of nitrogens with one attached hydrogen (secondary N) is 1. The Kier molecular flexibility index (Phi) is 5.50. The molecule has 1 aromatic heterocycles. The number of nitrogens with zero attached hydrogens (tertiary/aromatic N) is 4. The molecule has 7 nitrogen and oxygen atoms in total. The Bertz CT molecular complexity index is 757. The molecule has 0 radical (unpaired) electrons. The van der Waals surface area contributed by atoms with Crippen molar-refractivity contribution < 1.29 is 9.90 Å². The van der Waals surface area contributed by atoms with Gasteiger partial charge >= 0.3 is 0 Å². The van der Waals surface area contributed by atoms with E-state index >= 15 is 0 Å². The van der Waals surface area contributed by atoms with Crippen molar-refractivity contribution in [3.63, 3.8) is 0 Å². The maximum Gasteiger partial charge on any atom is 0.276 e. The van der Waals surface area contributed by atoms with Gasteiger partial charge in [0.15, 0.2) is 5.69 Å². The van der Waals surface area contributed by atoms with E-state index in [1.54, 1.807) is 6.20 Å². The molecule has 1 amide bonds. The van der Waals surface area contributed by atoms with E-state index in [0.717, 1.165) is 44.3 Å². The minimum Gasteiger partial charge on any atom is -0.388 e. The Labute approximate surface area is 159 Å². The van der Waals surface area contributed by atoms with E-state index in [2.05, 4.69) is 15.6 Å². The van der Waals surface area contributed by atoms with Crippen LogP contribution in [0.3, 0.4) is 0 Å². The van der Waals surface area contributed by atoms with E-state index in [-0.39, 0.29) is 11.9 Å². The molecule has 0 spiro atoms. The predicted octanol–water partition coefficient (Wildman–Crippen LogP) is 1.93. The number of hydrogen-bond acceptors (Lipinski definition) is 5. The summed E-state index contributed by atoms with van der Waals surface area (Å²) in [6.07, 6.45) is 5.67. The summed E-state index contributed by atoms with van der Waals surface area (Å²) < 4.78 is 1.85. The second-order valence-electron chi connectivity index (χ2n) is 7.52. The topological polar surface area (TPSA) is 83.3 Å². The highest BCUT2D eigenvalue weighted by molar-refractivity contribution is 5.92. The summed E-state index contributed by atoms with van der Waals surface area (Å²) in [4.78, 5) is 14.9. The number of rotatable bonds is 5. The lowest BCUT2D eigenvalue weighted by Crippen LogP contribution is -2.36. The highest BCUT2D eigenvalue weighted by Gasteiger charge is 2.33. The lowest BCUT2D eigenvalue weighted by molar-refractivity contribution is 0.0661. The van der Waals surface area contributed by atoms with Gasteiger partial charge in [-0.1, -0.05) is 35.5 Å². The molecule has 2 N–H and O–H groups in total. The van der Waals surface area contributed by atoms with Crippen molar-refractivity contribution in [3.8, 4) is 0 Å². The number of aliphatic hydroxyl groups is 1. The Hall–Kier alpha value is -2.25. The molecule has 1 aromatic carbocycles. The average Bonchev–Trinajstić information content (AvgIpc) is 3.39. The van der Waals surface area contributed by atoms with Crippen molar-refractivity contribution in [2.24, 2.45) is 0 Å². The van der Waals surface area contributed by atoms with Crippen LogP contribution in [0.2, 0.25) is 0 Å². The summed E-state index contributed by atoms with van der Waals surface area (Å²) in [5, 5.41) is 22.2. The van der Waals surface area contributed by atoms with Gasteiger partial charge in [-0.15, -0.1) is 5.10 Å². The number of amides is 1. The van der Waals surface area contributed by atoms with Crippen molar-refractivity contribution in [1.82, 2.24) is 25.2 Å². The van der Waals surface area contributed by atoms with E-state index in [1.165, 1.54) is 0 Å². The summed E-state index contributed by atoms with van der Waals surface area (Å²) >= 11 is 0. The van der Waals surface area contributed by atoms with Crippen LogP contribution in [0, 0.1) is 0 Å². The largest absolute Gasteiger partial charge is 0.388 e. The Morgan fingerprint density at radius 3 is 2.78 bits per heavy atom. The maximum atomic E-state index is 13.0. The summed E-state index contributed by atoms with van der Waals surface area (Å²) in [6.45, 7) is 2.66. The number of piperidine rings is 1. The smallest absolute Gasteiger partial charge is 0.276 e.